The molecule has 0 bridgehead atoms. The Morgan fingerprint density at radius 3 is 2.50 bits per heavy atom. The topological polar surface area (TPSA) is 92.8 Å². The molecule has 0 aliphatic heterocycles. The molecule has 0 saturated heterocycles. The van der Waals surface area contributed by atoms with Crippen molar-refractivity contribution in [2.75, 3.05) is 24.7 Å². The lowest BCUT2D eigenvalue weighted by atomic mass is 10.2. The first-order valence-corrected chi connectivity index (χ1v) is 10.1. The van der Waals surface area contributed by atoms with Crippen LogP contribution in [0.2, 0.25) is 0 Å². The third kappa shape index (κ3) is 5.48. The predicted molar refractivity (Wildman–Crippen MR) is 120 cm³/mol. The van der Waals surface area contributed by atoms with Gasteiger partial charge in [0.05, 0.1) is 22.6 Å². The fraction of sp³-hybridized carbons (Fsp3) is 0.143. The number of amides is 1. The molecule has 0 saturated carbocycles. The predicted octanol–water partition coefficient (Wildman–Crippen LogP) is 3.69. The van der Waals surface area contributed by atoms with Crippen LogP contribution < -0.4 is 10.3 Å². The van der Waals surface area contributed by atoms with E-state index in [1.807, 2.05) is 66.2 Å². The lowest BCUT2D eigenvalue weighted by Gasteiger charge is -2.13. The Balaban J connectivity index is 1.55. The highest BCUT2D eigenvalue weighted by Gasteiger charge is 2.07. The van der Waals surface area contributed by atoms with Gasteiger partial charge >= 0.3 is 0 Å². The molecule has 1 aromatic heterocycles. The molecule has 2 aromatic carbocycles. The molecule has 30 heavy (non-hydrogen) atoms. The van der Waals surface area contributed by atoms with E-state index in [0.717, 1.165) is 22.0 Å². The standard InChI is InChI=1S/C21H21N5O3S/c1-24(2)16-5-7-17(8-6-16)25-13-3-4-19(25)14-22-23-21(27)15-30-20-11-9-18(10-12-20)26(28)29/h3-14H,15H2,1-2H3,(H,23,27)/b22-14-. The van der Waals surface area contributed by atoms with Crippen molar-refractivity contribution >= 4 is 35.3 Å². The highest BCUT2D eigenvalue weighted by atomic mass is 32.2. The first-order chi connectivity index (χ1) is 14.4. The van der Waals surface area contributed by atoms with Crippen LogP contribution in [-0.2, 0) is 4.79 Å². The number of non-ortho nitro benzene ring substituents is 1. The average molecular weight is 423 g/mol. The monoisotopic (exact) mass is 423 g/mol. The number of hydrazone groups is 1. The SMILES string of the molecule is CN(C)c1ccc(-n2cccc2/C=N\NC(=O)CSc2ccc([N+](=O)[O-])cc2)cc1. The van der Waals surface area contributed by atoms with Gasteiger partial charge in [-0.1, -0.05) is 0 Å². The largest absolute Gasteiger partial charge is 0.378 e. The van der Waals surface area contributed by atoms with Crippen molar-refractivity contribution < 1.29 is 9.72 Å². The molecule has 0 spiro atoms. The third-order valence-electron chi connectivity index (χ3n) is 4.23. The lowest BCUT2D eigenvalue weighted by Crippen LogP contribution is -2.19. The first kappa shape index (κ1) is 21.1. The van der Waals surface area contributed by atoms with Gasteiger partial charge in [0.1, 0.15) is 0 Å². The maximum absolute atomic E-state index is 12.0. The first-order valence-electron chi connectivity index (χ1n) is 9.08. The van der Waals surface area contributed by atoms with Gasteiger partial charge in [-0.15, -0.1) is 11.8 Å². The number of carbonyl (C=O) groups excluding carboxylic acids is 1. The Morgan fingerprint density at radius 1 is 1.17 bits per heavy atom. The smallest absolute Gasteiger partial charge is 0.269 e. The molecule has 0 aliphatic rings. The summed E-state index contributed by atoms with van der Waals surface area (Å²) in [4.78, 5) is 25.0. The summed E-state index contributed by atoms with van der Waals surface area (Å²) in [6.45, 7) is 0. The van der Waals surface area contributed by atoms with Gasteiger partial charge in [-0.25, -0.2) is 5.43 Å². The van der Waals surface area contributed by atoms with E-state index in [4.69, 9.17) is 0 Å². The van der Waals surface area contributed by atoms with Crippen molar-refractivity contribution in [2.24, 2.45) is 5.10 Å². The van der Waals surface area contributed by atoms with Crippen molar-refractivity contribution in [1.82, 2.24) is 9.99 Å². The van der Waals surface area contributed by atoms with Crippen LogP contribution in [0.5, 0.6) is 0 Å². The highest BCUT2D eigenvalue weighted by molar-refractivity contribution is 8.00. The zero-order valence-corrected chi connectivity index (χ0v) is 17.4. The molecule has 0 unspecified atom stereocenters. The molecule has 1 N–H and O–H groups in total. The van der Waals surface area contributed by atoms with E-state index in [0.29, 0.717) is 0 Å². The summed E-state index contributed by atoms with van der Waals surface area (Å²) in [5.74, 6) is -0.106. The molecule has 0 atom stereocenters. The van der Waals surface area contributed by atoms with Gasteiger partial charge < -0.3 is 9.47 Å². The number of nitrogens with one attached hydrogen (secondary N) is 1. The number of nitrogens with zero attached hydrogens (tertiary/aromatic N) is 4. The molecule has 3 aromatic rings. The van der Waals surface area contributed by atoms with Gasteiger partial charge in [0.15, 0.2) is 0 Å². The minimum absolute atomic E-state index is 0.0211. The number of carbonyl (C=O) groups is 1. The number of aromatic nitrogens is 1. The van der Waals surface area contributed by atoms with Crippen molar-refractivity contribution in [1.29, 1.82) is 0 Å². The molecule has 154 valence electrons. The van der Waals surface area contributed by atoms with Gasteiger partial charge in [-0.3, -0.25) is 14.9 Å². The molecule has 8 nitrogen and oxygen atoms in total. The molecule has 0 fully saturated rings. The molecular formula is C21H21N5O3S. The summed E-state index contributed by atoms with van der Waals surface area (Å²) in [5.41, 5.74) is 5.46. The Kier molecular flexibility index (Phi) is 6.87. The van der Waals surface area contributed by atoms with E-state index >= 15 is 0 Å². The van der Waals surface area contributed by atoms with Gasteiger partial charge in [0.2, 0.25) is 5.91 Å². The summed E-state index contributed by atoms with van der Waals surface area (Å²) in [6, 6.07) is 18.0. The van der Waals surface area contributed by atoms with Crippen LogP contribution in [0.25, 0.3) is 5.69 Å². The zero-order valence-electron chi connectivity index (χ0n) is 16.6. The minimum atomic E-state index is -0.456. The number of hydrogen-bond donors (Lipinski definition) is 1. The number of nitro benzene ring substituents is 1. The van der Waals surface area contributed by atoms with Crippen LogP contribution in [-0.4, -0.2) is 41.5 Å². The normalized spacial score (nSPS) is 10.9. The van der Waals surface area contributed by atoms with Crippen molar-refractivity contribution in [2.45, 2.75) is 4.90 Å². The van der Waals surface area contributed by atoms with Crippen LogP contribution >= 0.6 is 11.8 Å². The summed E-state index contributed by atoms with van der Waals surface area (Å²) < 4.78 is 1.97. The van der Waals surface area contributed by atoms with E-state index in [2.05, 4.69) is 10.5 Å². The quantitative estimate of drug-likeness (QED) is 0.258. The Labute approximate surface area is 178 Å². The van der Waals surface area contributed by atoms with Crippen molar-refractivity contribution in [3.05, 3.63) is 82.7 Å². The van der Waals surface area contributed by atoms with Gasteiger partial charge in [0, 0.05) is 48.7 Å². The van der Waals surface area contributed by atoms with Crippen LogP contribution in [0, 0.1) is 10.1 Å². The van der Waals surface area contributed by atoms with Crippen molar-refractivity contribution in [3.8, 4) is 5.69 Å². The molecular weight excluding hydrogens is 402 g/mol. The van der Waals surface area contributed by atoms with Crippen LogP contribution in [0.15, 0.2) is 76.9 Å². The Morgan fingerprint density at radius 2 is 1.87 bits per heavy atom. The van der Waals surface area contributed by atoms with Crippen LogP contribution in [0.3, 0.4) is 0 Å². The summed E-state index contributed by atoms with van der Waals surface area (Å²) in [7, 11) is 3.98. The average Bonchev–Trinajstić information content (AvgIpc) is 3.21. The van der Waals surface area contributed by atoms with Crippen LogP contribution in [0.1, 0.15) is 5.69 Å². The van der Waals surface area contributed by atoms with E-state index < -0.39 is 4.92 Å². The van der Waals surface area contributed by atoms with Gasteiger partial charge in [0.25, 0.3) is 5.69 Å². The molecule has 0 aliphatic carbocycles. The summed E-state index contributed by atoms with van der Waals surface area (Å²) >= 11 is 1.28. The molecule has 1 heterocycles. The third-order valence-corrected chi connectivity index (χ3v) is 5.24. The molecule has 0 radical (unpaired) electrons. The lowest BCUT2D eigenvalue weighted by molar-refractivity contribution is -0.384. The second-order valence-electron chi connectivity index (χ2n) is 6.55. The summed E-state index contributed by atoms with van der Waals surface area (Å²) in [6.07, 6.45) is 3.52. The molecule has 9 heteroatoms. The number of thioether (sulfide) groups is 1. The second kappa shape index (κ2) is 9.75. The van der Waals surface area contributed by atoms with E-state index in [1.165, 1.54) is 23.9 Å². The number of anilines is 1. The number of hydrogen-bond acceptors (Lipinski definition) is 6. The second-order valence-corrected chi connectivity index (χ2v) is 7.60. The van der Waals surface area contributed by atoms with E-state index in [-0.39, 0.29) is 17.3 Å². The number of rotatable bonds is 8. The van der Waals surface area contributed by atoms with Crippen molar-refractivity contribution in [3.63, 3.8) is 0 Å². The fourth-order valence-electron chi connectivity index (χ4n) is 2.66. The number of nitro groups is 1. The number of benzene rings is 2. The van der Waals surface area contributed by atoms with Gasteiger partial charge in [-0.2, -0.15) is 5.10 Å². The molecule has 3 rings (SSSR count). The molecule has 1 amide bonds. The fourth-order valence-corrected chi connectivity index (χ4v) is 3.35. The van der Waals surface area contributed by atoms with E-state index in [9.17, 15) is 14.9 Å². The maximum atomic E-state index is 12.0. The zero-order chi connectivity index (χ0) is 21.5. The Bertz CT molecular complexity index is 1040. The van der Waals surface area contributed by atoms with E-state index in [1.54, 1.807) is 18.3 Å². The van der Waals surface area contributed by atoms with Crippen LogP contribution in [0.4, 0.5) is 11.4 Å². The minimum Gasteiger partial charge on any atom is -0.378 e. The summed E-state index contributed by atoms with van der Waals surface area (Å²) in [5, 5.41) is 14.7. The maximum Gasteiger partial charge on any atom is 0.269 e. The van der Waals surface area contributed by atoms with Gasteiger partial charge in [-0.05, 0) is 48.5 Å². The highest BCUT2D eigenvalue weighted by Crippen LogP contribution is 2.21. The Hall–Kier alpha value is -3.59.